The SMILES string of the molecule is C/C=C(/C(=O)O)c1ccccc1Oc1cc(C(C)(C)C)ccn1. The summed E-state index contributed by atoms with van der Waals surface area (Å²) in [4.78, 5) is 15.6. The van der Waals surface area contributed by atoms with Gasteiger partial charge in [-0.3, -0.25) is 0 Å². The molecule has 0 aliphatic carbocycles. The highest BCUT2D eigenvalue weighted by Crippen LogP contribution is 2.31. The minimum atomic E-state index is -0.986. The van der Waals surface area contributed by atoms with Crippen molar-refractivity contribution in [2.45, 2.75) is 33.1 Å². The molecule has 0 radical (unpaired) electrons. The van der Waals surface area contributed by atoms with Crippen LogP contribution in [0.4, 0.5) is 0 Å². The number of carbonyl (C=O) groups is 1. The zero-order valence-corrected chi connectivity index (χ0v) is 13.8. The van der Waals surface area contributed by atoms with Crippen molar-refractivity contribution in [1.82, 2.24) is 4.98 Å². The molecule has 1 heterocycles. The van der Waals surface area contributed by atoms with Crippen LogP contribution in [0.25, 0.3) is 5.57 Å². The molecular formula is C19H21NO3. The second kappa shape index (κ2) is 6.65. The molecule has 4 nitrogen and oxygen atoms in total. The molecule has 2 rings (SSSR count). The van der Waals surface area contributed by atoms with Gasteiger partial charge >= 0.3 is 5.97 Å². The number of aliphatic carboxylic acids is 1. The fraction of sp³-hybridized carbons (Fsp3) is 0.263. The maximum Gasteiger partial charge on any atom is 0.336 e. The van der Waals surface area contributed by atoms with Crippen LogP contribution in [0.3, 0.4) is 0 Å². The number of hydrogen-bond acceptors (Lipinski definition) is 3. The van der Waals surface area contributed by atoms with E-state index in [1.807, 2.05) is 18.2 Å². The van der Waals surface area contributed by atoms with Gasteiger partial charge in [-0.1, -0.05) is 45.0 Å². The van der Waals surface area contributed by atoms with Gasteiger partial charge in [0, 0.05) is 17.8 Å². The molecule has 0 aliphatic heterocycles. The van der Waals surface area contributed by atoms with E-state index in [9.17, 15) is 9.90 Å². The van der Waals surface area contributed by atoms with Crippen LogP contribution >= 0.6 is 0 Å². The van der Waals surface area contributed by atoms with Crippen LogP contribution < -0.4 is 4.74 Å². The Morgan fingerprint density at radius 2 is 1.91 bits per heavy atom. The molecule has 0 amide bonds. The van der Waals surface area contributed by atoms with Crippen LogP contribution in [0.5, 0.6) is 11.6 Å². The van der Waals surface area contributed by atoms with E-state index in [0.29, 0.717) is 17.2 Å². The summed E-state index contributed by atoms with van der Waals surface area (Å²) < 4.78 is 5.86. The molecule has 1 N–H and O–H groups in total. The Labute approximate surface area is 136 Å². The summed E-state index contributed by atoms with van der Waals surface area (Å²) in [6.45, 7) is 8.03. The number of para-hydroxylation sites is 1. The van der Waals surface area contributed by atoms with Gasteiger partial charge in [-0.15, -0.1) is 0 Å². The fourth-order valence-corrected chi connectivity index (χ4v) is 2.22. The summed E-state index contributed by atoms with van der Waals surface area (Å²) in [6.07, 6.45) is 3.26. The van der Waals surface area contributed by atoms with Crippen LogP contribution in [-0.2, 0) is 10.2 Å². The van der Waals surface area contributed by atoms with Crippen molar-refractivity contribution in [3.8, 4) is 11.6 Å². The van der Waals surface area contributed by atoms with Crippen LogP contribution in [0.1, 0.15) is 38.8 Å². The molecular weight excluding hydrogens is 290 g/mol. The summed E-state index contributed by atoms with van der Waals surface area (Å²) in [5.41, 5.74) is 1.82. The van der Waals surface area contributed by atoms with Crippen molar-refractivity contribution in [2.24, 2.45) is 0 Å². The summed E-state index contributed by atoms with van der Waals surface area (Å²) >= 11 is 0. The Kier molecular flexibility index (Phi) is 4.84. The van der Waals surface area contributed by atoms with Crippen LogP contribution in [0.2, 0.25) is 0 Å². The van der Waals surface area contributed by atoms with E-state index < -0.39 is 5.97 Å². The predicted octanol–water partition coefficient (Wildman–Crippen LogP) is 4.66. The third-order valence-electron chi connectivity index (χ3n) is 3.51. The van der Waals surface area contributed by atoms with Crippen LogP contribution in [0.15, 0.2) is 48.7 Å². The standard InChI is InChI=1S/C19H21NO3/c1-5-14(18(21)22)15-8-6-7-9-16(15)23-17-12-13(10-11-20-17)19(2,3)4/h5-12H,1-4H3,(H,21,22)/b14-5+. The van der Waals surface area contributed by atoms with Crippen molar-refractivity contribution in [3.63, 3.8) is 0 Å². The lowest BCUT2D eigenvalue weighted by atomic mass is 9.88. The lowest BCUT2D eigenvalue weighted by molar-refractivity contribution is -0.130. The second-order valence-corrected chi connectivity index (χ2v) is 6.24. The average molecular weight is 311 g/mol. The maximum absolute atomic E-state index is 11.4. The Bertz CT molecular complexity index is 742. The van der Waals surface area contributed by atoms with E-state index in [1.54, 1.807) is 37.4 Å². The first-order valence-electron chi connectivity index (χ1n) is 7.46. The zero-order valence-electron chi connectivity index (χ0n) is 13.8. The number of benzene rings is 1. The number of allylic oxidation sites excluding steroid dienone is 1. The highest BCUT2D eigenvalue weighted by atomic mass is 16.5. The van der Waals surface area contributed by atoms with E-state index in [-0.39, 0.29) is 11.0 Å². The first kappa shape index (κ1) is 16.7. The molecule has 0 saturated carbocycles. The number of rotatable bonds is 4. The van der Waals surface area contributed by atoms with Crippen molar-refractivity contribution >= 4 is 11.5 Å². The van der Waals surface area contributed by atoms with Crippen molar-refractivity contribution in [3.05, 3.63) is 59.8 Å². The zero-order chi connectivity index (χ0) is 17.0. The molecule has 0 bridgehead atoms. The number of carboxylic acids is 1. The van der Waals surface area contributed by atoms with Gasteiger partial charge < -0.3 is 9.84 Å². The number of hydrogen-bond donors (Lipinski definition) is 1. The molecule has 1 aromatic carbocycles. The third kappa shape index (κ3) is 3.97. The van der Waals surface area contributed by atoms with Gasteiger partial charge in [0.25, 0.3) is 0 Å². The van der Waals surface area contributed by atoms with E-state index in [1.165, 1.54) is 0 Å². The first-order valence-corrected chi connectivity index (χ1v) is 7.46. The largest absolute Gasteiger partial charge is 0.478 e. The van der Waals surface area contributed by atoms with Gasteiger partial charge in [0.2, 0.25) is 5.88 Å². The molecule has 0 unspecified atom stereocenters. The van der Waals surface area contributed by atoms with Crippen molar-refractivity contribution in [1.29, 1.82) is 0 Å². The molecule has 0 spiro atoms. The topological polar surface area (TPSA) is 59.4 Å². The number of nitrogens with zero attached hydrogens (tertiary/aromatic N) is 1. The van der Waals surface area contributed by atoms with Crippen molar-refractivity contribution in [2.75, 3.05) is 0 Å². The van der Waals surface area contributed by atoms with Gasteiger partial charge in [0.1, 0.15) is 5.75 Å². The maximum atomic E-state index is 11.4. The molecule has 0 fully saturated rings. The first-order chi connectivity index (χ1) is 10.8. The third-order valence-corrected chi connectivity index (χ3v) is 3.51. The second-order valence-electron chi connectivity index (χ2n) is 6.24. The molecule has 23 heavy (non-hydrogen) atoms. The average Bonchev–Trinajstić information content (AvgIpc) is 2.49. The smallest absolute Gasteiger partial charge is 0.336 e. The van der Waals surface area contributed by atoms with Gasteiger partial charge in [-0.25, -0.2) is 9.78 Å². The number of aromatic nitrogens is 1. The Morgan fingerprint density at radius 3 is 2.52 bits per heavy atom. The Balaban J connectivity index is 2.41. The van der Waals surface area contributed by atoms with Gasteiger partial charge in [0.15, 0.2) is 0 Å². The van der Waals surface area contributed by atoms with E-state index in [4.69, 9.17) is 4.74 Å². The molecule has 0 saturated heterocycles. The summed E-state index contributed by atoms with van der Waals surface area (Å²) in [7, 11) is 0. The predicted molar refractivity (Wildman–Crippen MR) is 90.7 cm³/mol. The summed E-state index contributed by atoms with van der Waals surface area (Å²) in [6, 6.07) is 10.9. The van der Waals surface area contributed by atoms with Crippen LogP contribution in [0, 0.1) is 0 Å². The van der Waals surface area contributed by atoms with E-state index in [2.05, 4.69) is 25.8 Å². The molecule has 2 aromatic rings. The highest BCUT2D eigenvalue weighted by molar-refractivity contribution is 6.16. The molecule has 0 aliphatic rings. The minimum absolute atomic E-state index is 0.0177. The molecule has 0 atom stereocenters. The Morgan fingerprint density at radius 1 is 1.22 bits per heavy atom. The van der Waals surface area contributed by atoms with Crippen LogP contribution in [-0.4, -0.2) is 16.1 Å². The number of ether oxygens (including phenoxy) is 1. The van der Waals surface area contributed by atoms with E-state index in [0.717, 1.165) is 5.56 Å². The van der Waals surface area contributed by atoms with Gasteiger partial charge in [-0.05, 0) is 30.0 Å². The Hall–Kier alpha value is -2.62. The lowest BCUT2D eigenvalue weighted by Crippen LogP contribution is -2.11. The monoisotopic (exact) mass is 311 g/mol. The van der Waals surface area contributed by atoms with E-state index >= 15 is 0 Å². The number of carboxylic acid groups (broad SMARTS) is 1. The highest BCUT2D eigenvalue weighted by Gasteiger charge is 2.17. The fourth-order valence-electron chi connectivity index (χ4n) is 2.22. The lowest BCUT2D eigenvalue weighted by Gasteiger charge is -2.19. The van der Waals surface area contributed by atoms with Gasteiger partial charge in [-0.2, -0.15) is 0 Å². The minimum Gasteiger partial charge on any atom is -0.478 e. The summed E-state index contributed by atoms with van der Waals surface area (Å²) in [5, 5.41) is 9.33. The van der Waals surface area contributed by atoms with Crippen molar-refractivity contribution < 1.29 is 14.6 Å². The number of pyridine rings is 1. The molecule has 120 valence electrons. The van der Waals surface area contributed by atoms with Gasteiger partial charge in [0.05, 0.1) is 5.57 Å². The quantitative estimate of drug-likeness (QED) is 0.834. The normalized spacial score (nSPS) is 12.1. The molecule has 4 heteroatoms. The summed E-state index contributed by atoms with van der Waals surface area (Å²) in [5.74, 6) is -0.0628. The molecule has 1 aromatic heterocycles.